The molecule has 2 rings (SSSR count). The van der Waals surface area contributed by atoms with E-state index in [1.54, 1.807) is 12.0 Å². The zero-order chi connectivity index (χ0) is 14.3. The first-order valence-corrected chi connectivity index (χ1v) is 7.03. The molecule has 1 aliphatic rings. The summed E-state index contributed by atoms with van der Waals surface area (Å²) in [6.45, 7) is 6.79. The molecule has 0 aromatic heterocycles. The number of nitrogens with one attached hydrogen (secondary N) is 1. The summed E-state index contributed by atoms with van der Waals surface area (Å²) in [6.07, 6.45) is 0. The van der Waals surface area contributed by atoms with Crippen LogP contribution in [0.2, 0.25) is 0 Å². The van der Waals surface area contributed by atoms with Crippen LogP contribution in [0.5, 0.6) is 5.75 Å². The molecule has 104 valence electrons. The average Bonchev–Trinajstić information content (AvgIpc) is 2.72. The predicted octanol–water partition coefficient (Wildman–Crippen LogP) is 3.08. The summed E-state index contributed by atoms with van der Waals surface area (Å²) in [5.41, 5.74) is 4.51. The Morgan fingerprint density at radius 1 is 1.26 bits per heavy atom. The Balaban J connectivity index is 2.66. The minimum atomic E-state index is -0.0409. The van der Waals surface area contributed by atoms with E-state index >= 15 is 0 Å². The molecule has 1 aromatic rings. The fourth-order valence-electron chi connectivity index (χ4n) is 2.65. The number of ether oxygens (including phenoxy) is 1. The van der Waals surface area contributed by atoms with Gasteiger partial charge in [0.1, 0.15) is 5.75 Å². The van der Waals surface area contributed by atoms with E-state index in [1.165, 1.54) is 5.56 Å². The van der Waals surface area contributed by atoms with Crippen molar-refractivity contribution < 1.29 is 9.53 Å². The van der Waals surface area contributed by atoms with E-state index in [0.29, 0.717) is 6.54 Å². The van der Waals surface area contributed by atoms with Crippen LogP contribution in [-0.2, 0) is 0 Å². The van der Waals surface area contributed by atoms with Crippen molar-refractivity contribution in [2.45, 2.75) is 26.8 Å². The van der Waals surface area contributed by atoms with Crippen molar-refractivity contribution in [2.75, 3.05) is 20.7 Å². The normalized spacial score (nSPS) is 18.7. The van der Waals surface area contributed by atoms with Crippen LogP contribution in [0.1, 0.15) is 28.3 Å². The molecular formula is C14H19BrN2O2. The number of methoxy groups -OCH3 is 1. The number of nitrogens with zero attached hydrogens (tertiary/aromatic N) is 1. The predicted molar refractivity (Wildman–Crippen MR) is 78.8 cm³/mol. The van der Waals surface area contributed by atoms with Gasteiger partial charge >= 0.3 is 6.03 Å². The lowest BCUT2D eigenvalue weighted by atomic mass is 9.94. The largest absolute Gasteiger partial charge is 0.496 e. The van der Waals surface area contributed by atoms with Crippen LogP contribution >= 0.6 is 15.9 Å². The molecule has 0 bridgehead atoms. The number of likely N-dealkylation sites (N-methyl/N-ethyl adjacent to an activating group) is 1. The maximum Gasteiger partial charge on any atom is 0.317 e. The minimum Gasteiger partial charge on any atom is -0.496 e. The highest BCUT2D eigenvalue weighted by molar-refractivity contribution is 9.10. The van der Waals surface area contributed by atoms with Crippen molar-refractivity contribution in [3.05, 3.63) is 26.7 Å². The van der Waals surface area contributed by atoms with Crippen molar-refractivity contribution >= 4 is 22.0 Å². The first kappa shape index (κ1) is 14.2. The van der Waals surface area contributed by atoms with E-state index in [4.69, 9.17) is 4.74 Å². The van der Waals surface area contributed by atoms with Gasteiger partial charge in [-0.2, -0.15) is 0 Å². The summed E-state index contributed by atoms with van der Waals surface area (Å²) in [4.78, 5) is 13.4. The van der Waals surface area contributed by atoms with Gasteiger partial charge < -0.3 is 15.0 Å². The fourth-order valence-corrected chi connectivity index (χ4v) is 3.16. The van der Waals surface area contributed by atoms with E-state index in [9.17, 15) is 4.79 Å². The van der Waals surface area contributed by atoms with Gasteiger partial charge in [0.2, 0.25) is 0 Å². The first-order chi connectivity index (χ1) is 8.90. The van der Waals surface area contributed by atoms with Crippen molar-refractivity contribution in [3.63, 3.8) is 0 Å². The van der Waals surface area contributed by atoms with E-state index < -0.39 is 0 Å². The molecule has 5 heteroatoms. The molecule has 1 fully saturated rings. The zero-order valence-corrected chi connectivity index (χ0v) is 13.5. The number of carbonyl (C=O) groups excluding carboxylic acids is 1. The van der Waals surface area contributed by atoms with Crippen LogP contribution in [0, 0.1) is 20.8 Å². The van der Waals surface area contributed by atoms with Crippen LogP contribution in [0.3, 0.4) is 0 Å². The number of urea groups is 1. The Morgan fingerprint density at radius 2 is 1.89 bits per heavy atom. The highest BCUT2D eigenvalue weighted by Gasteiger charge is 2.33. The maximum atomic E-state index is 11.7. The lowest BCUT2D eigenvalue weighted by Crippen LogP contribution is -2.26. The lowest BCUT2D eigenvalue weighted by Gasteiger charge is -2.26. The summed E-state index contributed by atoms with van der Waals surface area (Å²) >= 11 is 3.65. The van der Waals surface area contributed by atoms with Gasteiger partial charge in [-0.25, -0.2) is 4.79 Å². The molecule has 1 N–H and O–H groups in total. The highest BCUT2D eigenvalue weighted by Crippen LogP contribution is 2.41. The quantitative estimate of drug-likeness (QED) is 0.907. The third kappa shape index (κ3) is 2.10. The molecule has 2 amide bonds. The number of halogens is 1. The van der Waals surface area contributed by atoms with Crippen LogP contribution in [0.4, 0.5) is 4.79 Å². The molecule has 0 saturated carbocycles. The summed E-state index contributed by atoms with van der Waals surface area (Å²) in [5, 5.41) is 2.87. The van der Waals surface area contributed by atoms with Gasteiger partial charge in [-0.15, -0.1) is 0 Å². The summed E-state index contributed by atoms with van der Waals surface area (Å²) in [7, 11) is 3.50. The van der Waals surface area contributed by atoms with Crippen molar-refractivity contribution in [1.29, 1.82) is 0 Å². The van der Waals surface area contributed by atoms with Crippen molar-refractivity contribution in [3.8, 4) is 5.75 Å². The molecule has 1 unspecified atom stereocenters. The maximum absolute atomic E-state index is 11.7. The van der Waals surface area contributed by atoms with Gasteiger partial charge in [0.05, 0.1) is 13.2 Å². The number of rotatable bonds is 2. The monoisotopic (exact) mass is 326 g/mol. The van der Waals surface area contributed by atoms with Crippen LogP contribution in [0.15, 0.2) is 4.47 Å². The molecular weight excluding hydrogens is 308 g/mol. The van der Waals surface area contributed by atoms with Crippen molar-refractivity contribution in [2.24, 2.45) is 0 Å². The van der Waals surface area contributed by atoms with Gasteiger partial charge in [-0.3, -0.25) is 0 Å². The second kappa shape index (κ2) is 5.04. The molecule has 0 radical (unpaired) electrons. The number of amides is 2. The van der Waals surface area contributed by atoms with E-state index in [-0.39, 0.29) is 12.1 Å². The molecule has 1 aromatic carbocycles. The Hall–Kier alpha value is -1.23. The molecule has 1 aliphatic heterocycles. The zero-order valence-electron chi connectivity index (χ0n) is 11.9. The molecule has 4 nitrogen and oxygen atoms in total. The summed E-state index contributed by atoms with van der Waals surface area (Å²) < 4.78 is 6.69. The highest BCUT2D eigenvalue weighted by atomic mass is 79.9. The Kier molecular flexibility index (Phi) is 3.76. The van der Waals surface area contributed by atoms with E-state index in [0.717, 1.165) is 26.9 Å². The fraction of sp³-hybridized carbons (Fsp3) is 0.500. The molecule has 1 saturated heterocycles. The second-order valence-corrected chi connectivity index (χ2v) is 5.74. The second-order valence-electron chi connectivity index (χ2n) is 4.95. The van der Waals surface area contributed by atoms with Crippen LogP contribution in [0.25, 0.3) is 0 Å². The number of carbonyl (C=O) groups is 1. The topological polar surface area (TPSA) is 41.6 Å². The third-order valence-corrected chi connectivity index (χ3v) is 5.17. The average molecular weight is 327 g/mol. The molecule has 0 aliphatic carbocycles. The molecule has 19 heavy (non-hydrogen) atoms. The van der Waals surface area contributed by atoms with Crippen molar-refractivity contribution in [1.82, 2.24) is 10.2 Å². The smallest absolute Gasteiger partial charge is 0.317 e. The summed E-state index contributed by atoms with van der Waals surface area (Å²) in [5.74, 6) is 0.881. The SMILES string of the molecule is COc1c(C)c(C)c(Br)c(C)c1C1CNC(=O)N1C. The van der Waals surface area contributed by atoms with Crippen LogP contribution < -0.4 is 10.1 Å². The standard InChI is InChI=1S/C14H19BrN2O2/c1-7-8(2)13(19-5)11(9(3)12(7)15)10-6-16-14(18)17(10)4/h10H,6H2,1-5H3,(H,16,18). The Labute approximate surface area is 122 Å². The number of benzene rings is 1. The van der Waals surface area contributed by atoms with Crippen LogP contribution in [-0.4, -0.2) is 31.6 Å². The van der Waals surface area contributed by atoms with Gasteiger partial charge in [0.25, 0.3) is 0 Å². The van der Waals surface area contributed by atoms with Gasteiger partial charge in [-0.1, -0.05) is 15.9 Å². The first-order valence-electron chi connectivity index (χ1n) is 6.23. The van der Waals surface area contributed by atoms with E-state index in [1.807, 2.05) is 14.0 Å². The number of hydrogen-bond acceptors (Lipinski definition) is 2. The van der Waals surface area contributed by atoms with E-state index in [2.05, 4.69) is 35.1 Å². The summed E-state index contributed by atoms with van der Waals surface area (Å²) in [6, 6.07) is -0.0288. The Bertz CT molecular complexity index is 543. The minimum absolute atomic E-state index is 0.0121. The van der Waals surface area contributed by atoms with Gasteiger partial charge in [0.15, 0.2) is 0 Å². The Morgan fingerprint density at radius 3 is 2.37 bits per heavy atom. The lowest BCUT2D eigenvalue weighted by molar-refractivity contribution is 0.216. The molecule has 1 heterocycles. The molecule has 0 spiro atoms. The van der Waals surface area contributed by atoms with Gasteiger partial charge in [0, 0.05) is 23.6 Å². The van der Waals surface area contributed by atoms with Gasteiger partial charge in [-0.05, 0) is 37.5 Å². The third-order valence-electron chi connectivity index (χ3n) is 3.98. The number of hydrogen-bond donors (Lipinski definition) is 1. The molecule has 1 atom stereocenters.